The van der Waals surface area contributed by atoms with Crippen LogP contribution in [0.25, 0.3) is 0 Å². The number of carbonyl (C=O) groups excluding carboxylic acids is 2. The normalized spacial score (nSPS) is 15.0. The van der Waals surface area contributed by atoms with Gasteiger partial charge < -0.3 is 9.64 Å². The van der Waals surface area contributed by atoms with Gasteiger partial charge >= 0.3 is 6.09 Å². The zero-order chi connectivity index (χ0) is 13.7. The Labute approximate surface area is 112 Å². The van der Waals surface area contributed by atoms with E-state index in [9.17, 15) is 9.59 Å². The van der Waals surface area contributed by atoms with Gasteiger partial charge in [0.25, 0.3) is 0 Å². The van der Waals surface area contributed by atoms with Crippen molar-refractivity contribution in [2.45, 2.75) is 13.0 Å². The number of rotatable bonds is 4. The average molecular weight is 262 g/mol. The second kappa shape index (κ2) is 6.22. The van der Waals surface area contributed by atoms with Crippen molar-refractivity contribution in [2.24, 2.45) is 0 Å². The predicted octanol–water partition coefficient (Wildman–Crippen LogP) is 1.49. The summed E-state index contributed by atoms with van der Waals surface area (Å²) in [6.45, 7) is 1.66. The van der Waals surface area contributed by atoms with Gasteiger partial charge in [0.15, 0.2) is 0 Å². The minimum atomic E-state index is -0.396. The van der Waals surface area contributed by atoms with Crippen LogP contribution in [0, 0.1) is 0 Å². The van der Waals surface area contributed by atoms with Crippen molar-refractivity contribution in [3.63, 3.8) is 0 Å². The largest absolute Gasteiger partial charge is 0.449 e. The van der Waals surface area contributed by atoms with Crippen LogP contribution in [0.5, 0.6) is 0 Å². The summed E-state index contributed by atoms with van der Waals surface area (Å²) >= 11 is 0. The molecule has 0 aromatic heterocycles. The molecule has 19 heavy (non-hydrogen) atoms. The lowest BCUT2D eigenvalue weighted by atomic mass is 10.2. The molecule has 0 saturated carbocycles. The van der Waals surface area contributed by atoms with Gasteiger partial charge in [-0.05, 0) is 12.0 Å². The van der Waals surface area contributed by atoms with Gasteiger partial charge in [-0.25, -0.2) is 4.79 Å². The number of carbonyl (C=O) groups is 2. The Kier molecular flexibility index (Phi) is 4.39. The Hall–Kier alpha value is -2.04. The van der Waals surface area contributed by atoms with Crippen molar-refractivity contribution >= 4 is 12.0 Å². The first-order valence-corrected chi connectivity index (χ1v) is 6.36. The fraction of sp³-hybridized carbons (Fsp3) is 0.429. The van der Waals surface area contributed by atoms with E-state index >= 15 is 0 Å². The third-order valence-electron chi connectivity index (χ3n) is 3.07. The molecule has 1 aliphatic heterocycles. The van der Waals surface area contributed by atoms with E-state index < -0.39 is 6.09 Å². The standard InChI is InChI=1S/C14H18N2O3/c1-15(10-12-6-3-2-4-7-12)13(17)11-16-8-5-9-19-14(16)18/h2-4,6-7H,5,8-11H2,1H3. The summed E-state index contributed by atoms with van der Waals surface area (Å²) < 4.78 is 4.91. The van der Waals surface area contributed by atoms with Crippen LogP contribution in [0.4, 0.5) is 4.79 Å². The van der Waals surface area contributed by atoms with Crippen molar-refractivity contribution in [1.82, 2.24) is 9.80 Å². The predicted molar refractivity (Wildman–Crippen MR) is 70.5 cm³/mol. The Balaban J connectivity index is 1.87. The van der Waals surface area contributed by atoms with Gasteiger partial charge in [0, 0.05) is 20.1 Å². The number of hydrogen-bond acceptors (Lipinski definition) is 3. The molecule has 0 unspecified atom stereocenters. The van der Waals surface area contributed by atoms with Gasteiger partial charge in [0.1, 0.15) is 6.54 Å². The van der Waals surface area contributed by atoms with Gasteiger partial charge in [0.05, 0.1) is 6.61 Å². The zero-order valence-corrected chi connectivity index (χ0v) is 11.0. The van der Waals surface area contributed by atoms with Gasteiger partial charge in [-0.2, -0.15) is 0 Å². The molecule has 5 nitrogen and oxygen atoms in total. The topological polar surface area (TPSA) is 49.9 Å². The molecule has 1 aromatic carbocycles. The number of hydrogen-bond donors (Lipinski definition) is 0. The molecule has 1 fully saturated rings. The molecular formula is C14H18N2O3. The van der Waals surface area contributed by atoms with E-state index in [1.54, 1.807) is 11.9 Å². The molecule has 102 valence electrons. The van der Waals surface area contributed by atoms with Crippen molar-refractivity contribution < 1.29 is 14.3 Å². The van der Waals surface area contributed by atoms with Crippen molar-refractivity contribution in [2.75, 3.05) is 26.7 Å². The highest BCUT2D eigenvalue weighted by molar-refractivity contribution is 5.82. The first-order chi connectivity index (χ1) is 9.16. The maximum absolute atomic E-state index is 12.0. The molecule has 0 radical (unpaired) electrons. The fourth-order valence-corrected chi connectivity index (χ4v) is 1.97. The Morgan fingerprint density at radius 1 is 1.37 bits per heavy atom. The molecule has 0 atom stereocenters. The fourth-order valence-electron chi connectivity index (χ4n) is 1.97. The minimum absolute atomic E-state index is 0.0808. The maximum atomic E-state index is 12.0. The maximum Gasteiger partial charge on any atom is 0.410 e. The summed E-state index contributed by atoms with van der Waals surface area (Å²) in [6.07, 6.45) is 0.384. The van der Waals surface area contributed by atoms with E-state index in [1.165, 1.54) is 4.90 Å². The molecule has 5 heteroatoms. The molecule has 0 bridgehead atoms. The smallest absolute Gasteiger partial charge is 0.410 e. The lowest BCUT2D eigenvalue weighted by molar-refractivity contribution is -0.131. The number of nitrogens with zero attached hydrogens (tertiary/aromatic N) is 2. The third-order valence-corrected chi connectivity index (χ3v) is 3.07. The second-order valence-corrected chi connectivity index (χ2v) is 4.62. The third kappa shape index (κ3) is 3.71. The summed E-state index contributed by atoms with van der Waals surface area (Å²) in [6, 6.07) is 9.76. The molecule has 2 rings (SSSR count). The van der Waals surface area contributed by atoms with Gasteiger partial charge in [-0.3, -0.25) is 9.69 Å². The van der Waals surface area contributed by atoms with Crippen LogP contribution >= 0.6 is 0 Å². The lowest BCUT2D eigenvalue weighted by Crippen LogP contribution is -2.44. The monoisotopic (exact) mass is 262 g/mol. The second-order valence-electron chi connectivity index (χ2n) is 4.62. The average Bonchev–Trinajstić information content (AvgIpc) is 2.42. The highest BCUT2D eigenvalue weighted by Gasteiger charge is 2.23. The molecule has 2 amide bonds. The Bertz CT molecular complexity index is 447. The molecule has 1 heterocycles. The summed E-state index contributed by atoms with van der Waals surface area (Å²) in [5.41, 5.74) is 1.07. The van der Waals surface area contributed by atoms with Crippen molar-refractivity contribution in [1.29, 1.82) is 0 Å². The van der Waals surface area contributed by atoms with Gasteiger partial charge in [-0.1, -0.05) is 30.3 Å². The zero-order valence-electron chi connectivity index (χ0n) is 11.0. The molecular weight excluding hydrogens is 244 g/mol. The molecule has 1 aliphatic rings. The van der Waals surface area contributed by atoms with Crippen LogP contribution in [0.2, 0.25) is 0 Å². The highest BCUT2D eigenvalue weighted by Crippen LogP contribution is 2.07. The molecule has 1 aromatic rings. The molecule has 0 N–H and O–H groups in total. The SMILES string of the molecule is CN(Cc1ccccc1)C(=O)CN1CCCOC1=O. The number of ether oxygens (including phenoxy) is 1. The molecule has 0 spiro atoms. The summed E-state index contributed by atoms with van der Waals surface area (Å²) in [5.74, 6) is -0.0808. The van der Waals surface area contributed by atoms with Crippen LogP contribution in [0.1, 0.15) is 12.0 Å². The van der Waals surface area contributed by atoms with Crippen molar-refractivity contribution in [3.8, 4) is 0 Å². The Morgan fingerprint density at radius 3 is 2.79 bits per heavy atom. The molecule has 1 saturated heterocycles. The number of likely N-dealkylation sites (N-methyl/N-ethyl adjacent to an activating group) is 1. The van der Waals surface area contributed by atoms with E-state index in [2.05, 4.69) is 0 Å². The van der Waals surface area contributed by atoms with E-state index in [0.717, 1.165) is 12.0 Å². The highest BCUT2D eigenvalue weighted by atomic mass is 16.6. The van der Waals surface area contributed by atoms with E-state index in [4.69, 9.17) is 4.74 Å². The van der Waals surface area contributed by atoms with Crippen LogP contribution < -0.4 is 0 Å². The minimum Gasteiger partial charge on any atom is -0.449 e. The number of amides is 2. The first kappa shape index (κ1) is 13.4. The van der Waals surface area contributed by atoms with Crippen LogP contribution in [-0.2, 0) is 16.1 Å². The lowest BCUT2D eigenvalue weighted by Gasteiger charge is -2.27. The van der Waals surface area contributed by atoms with E-state index in [0.29, 0.717) is 19.7 Å². The van der Waals surface area contributed by atoms with Crippen molar-refractivity contribution in [3.05, 3.63) is 35.9 Å². The van der Waals surface area contributed by atoms with Gasteiger partial charge in [0.2, 0.25) is 5.91 Å². The van der Waals surface area contributed by atoms with Gasteiger partial charge in [-0.15, -0.1) is 0 Å². The van der Waals surface area contributed by atoms with E-state index in [1.807, 2.05) is 30.3 Å². The first-order valence-electron chi connectivity index (χ1n) is 6.36. The summed E-state index contributed by atoms with van der Waals surface area (Å²) in [7, 11) is 1.74. The number of cyclic esters (lactones) is 1. The van der Waals surface area contributed by atoms with Crippen LogP contribution in [-0.4, -0.2) is 48.5 Å². The number of benzene rings is 1. The van der Waals surface area contributed by atoms with Crippen LogP contribution in [0.3, 0.4) is 0 Å². The quantitative estimate of drug-likeness (QED) is 0.826. The van der Waals surface area contributed by atoms with E-state index in [-0.39, 0.29) is 12.5 Å². The summed E-state index contributed by atoms with van der Waals surface area (Å²) in [5, 5.41) is 0. The Morgan fingerprint density at radius 2 is 2.11 bits per heavy atom. The van der Waals surface area contributed by atoms with Crippen LogP contribution in [0.15, 0.2) is 30.3 Å². The summed E-state index contributed by atoms with van der Waals surface area (Å²) in [4.78, 5) is 26.6. The molecule has 0 aliphatic carbocycles.